The number of nitro groups is 1. The second kappa shape index (κ2) is 6.47. The van der Waals surface area contributed by atoms with E-state index in [0.717, 1.165) is 31.4 Å². The average molecular weight is 390 g/mol. The fourth-order valence-electron chi connectivity index (χ4n) is 2.12. The number of non-ortho nitro benzene ring substituents is 1. The molecule has 0 aliphatic heterocycles. The van der Waals surface area contributed by atoms with Gasteiger partial charge in [0.05, 0.1) is 10.6 Å². The van der Waals surface area contributed by atoms with E-state index in [1.807, 2.05) is 31.2 Å². The fraction of sp³-hybridized carbons (Fsp3) is 0.0625. The van der Waals surface area contributed by atoms with Crippen LogP contribution in [0.15, 0.2) is 53.0 Å². The summed E-state index contributed by atoms with van der Waals surface area (Å²) in [7, 11) is 0. The summed E-state index contributed by atoms with van der Waals surface area (Å²) in [4.78, 5) is 16.0. The first-order valence-corrected chi connectivity index (χ1v) is 8.39. The average Bonchev–Trinajstić information content (AvgIpc) is 2.89. The van der Waals surface area contributed by atoms with Crippen molar-refractivity contribution in [1.29, 1.82) is 0 Å². The van der Waals surface area contributed by atoms with Gasteiger partial charge in [0.15, 0.2) is 5.13 Å². The lowest BCUT2D eigenvalue weighted by Crippen LogP contribution is -1.91. The lowest BCUT2D eigenvalue weighted by Gasteiger charge is -2.01. The Morgan fingerprint density at radius 3 is 2.39 bits per heavy atom. The zero-order valence-corrected chi connectivity index (χ0v) is 14.5. The molecule has 1 N–H and O–H groups in total. The summed E-state index contributed by atoms with van der Waals surface area (Å²) in [5, 5.41) is 14.6. The van der Waals surface area contributed by atoms with Gasteiger partial charge in [-0.05, 0) is 31.2 Å². The second-order valence-electron chi connectivity index (χ2n) is 4.86. The summed E-state index contributed by atoms with van der Waals surface area (Å²) in [6.07, 6.45) is 0. The van der Waals surface area contributed by atoms with E-state index in [-0.39, 0.29) is 5.69 Å². The van der Waals surface area contributed by atoms with Gasteiger partial charge in [-0.1, -0.05) is 28.1 Å². The summed E-state index contributed by atoms with van der Waals surface area (Å²) in [6.45, 7) is 2.02. The summed E-state index contributed by atoms with van der Waals surface area (Å²) in [6, 6.07) is 14.3. The molecule has 116 valence electrons. The molecule has 23 heavy (non-hydrogen) atoms. The third-order valence-corrected chi connectivity index (χ3v) is 4.66. The van der Waals surface area contributed by atoms with E-state index < -0.39 is 4.92 Å². The summed E-state index contributed by atoms with van der Waals surface area (Å²) >= 11 is 4.97. The number of nitrogens with zero attached hydrogens (tertiary/aromatic N) is 2. The number of benzene rings is 2. The van der Waals surface area contributed by atoms with Gasteiger partial charge in [-0.15, -0.1) is 11.3 Å². The first-order chi connectivity index (χ1) is 11.0. The smallest absolute Gasteiger partial charge is 0.269 e. The highest BCUT2D eigenvalue weighted by Crippen LogP contribution is 2.32. The maximum atomic E-state index is 10.7. The highest BCUT2D eigenvalue weighted by atomic mass is 79.9. The normalized spacial score (nSPS) is 10.5. The number of hydrogen-bond acceptors (Lipinski definition) is 5. The van der Waals surface area contributed by atoms with E-state index in [0.29, 0.717) is 0 Å². The van der Waals surface area contributed by atoms with E-state index >= 15 is 0 Å². The van der Waals surface area contributed by atoms with Crippen LogP contribution in [-0.2, 0) is 0 Å². The number of hydrogen-bond donors (Lipinski definition) is 1. The monoisotopic (exact) mass is 389 g/mol. The molecule has 0 spiro atoms. The Labute approximate surface area is 145 Å². The molecule has 7 heteroatoms. The van der Waals surface area contributed by atoms with Crippen molar-refractivity contribution in [1.82, 2.24) is 4.98 Å². The van der Waals surface area contributed by atoms with E-state index in [1.165, 1.54) is 12.1 Å². The van der Waals surface area contributed by atoms with Crippen LogP contribution >= 0.6 is 27.3 Å². The van der Waals surface area contributed by atoms with Crippen LogP contribution in [0.1, 0.15) is 4.88 Å². The number of halogens is 1. The first-order valence-electron chi connectivity index (χ1n) is 6.78. The van der Waals surface area contributed by atoms with Crippen molar-refractivity contribution in [2.45, 2.75) is 6.92 Å². The zero-order chi connectivity index (χ0) is 16.4. The number of rotatable bonds is 4. The maximum absolute atomic E-state index is 10.7. The Hall–Kier alpha value is -2.25. The van der Waals surface area contributed by atoms with Gasteiger partial charge >= 0.3 is 0 Å². The van der Waals surface area contributed by atoms with Gasteiger partial charge in [-0.25, -0.2) is 4.98 Å². The molecule has 0 radical (unpaired) electrons. The minimum absolute atomic E-state index is 0.0708. The van der Waals surface area contributed by atoms with Gasteiger partial charge in [0, 0.05) is 32.7 Å². The Balaban J connectivity index is 1.83. The van der Waals surface area contributed by atoms with Crippen LogP contribution in [0.2, 0.25) is 0 Å². The molecule has 0 amide bonds. The largest absolute Gasteiger partial charge is 0.332 e. The van der Waals surface area contributed by atoms with Gasteiger partial charge < -0.3 is 5.32 Å². The fourth-order valence-corrected chi connectivity index (χ4v) is 3.24. The third-order valence-electron chi connectivity index (χ3n) is 3.24. The minimum atomic E-state index is -0.414. The summed E-state index contributed by atoms with van der Waals surface area (Å²) in [5.41, 5.74) is 2.83. The number of nitro benzene ring substituents is 1. The molecular formula is C16H12BrN3O2S. The molecule has 0 saturated heterocycles. The zero-order valence-electron chi connectivity index (χ0n) is 12.1. The van der Waals surface area contributed by atoms with Crippen molar-refractivity contribution < 1.29 is 4.92 Å². The van der Waals surface area contributed by atoms with Gasteiger partial charge in [-0.3, -0.25) is 10.1 Å². The molecular weight excluding hydrogens is 378 g/mol. The van der Waals surface area contributed by atoms with Crippen LogP contribution in [0.25, 0.3) is 11.3 Å². The standard InChI is InChI=1S/C16H12BrN3O2S/c1-10-15(11-2-4-12(17)5-3-11)19-16(23-10)18-13-6-8-14(9-7-13)20(21)22/h2-9H,1H3,(H,18,19). The van der Waals surface area contributed by atoms with Crippen molar-refractivity contribution in [3.8, 4) is 11.3 Å². The molecule has 3 aromatic rings. The number of aryl methyl sites for hydroxylation is 1. The minimum Gasteiger partial charge on any atom is -0.332 e. The van der Waals surface area contributed by atoms with E-state index in [1.54, 1.807) is 23.5 Å². The molecule has 3 rings (SSSR count). The molecule has 0 unspecified atom stereocenters. The van der Waals surface area contributed by atoms with Crippen LogP contribution in [-0.4, -0.2) is 9.91 Å². The molecule has 0 atom stereocenters. The van der Waals surface area contributed by atoms with E-state index in [4.69, 9.17) is 0 Å². The predicted molar refractivity (Wildman–Crippen MR) is 96.4 cm³/mol. The van der Waals surface area contributed by atoms with Gasteiger partial charge in [0.25, 0.3) is 5.69 Å². The maximum Gasteiger partial charge on any atom is 0.269 e. The number of thiazole rings is 1. The number of anilines is 2. The van der Waals surface area contributed by atoms with Crippen LogP contribution in [0.3, 0.4) is 0 Å². The molecule has 0 fully saturated rings. The topological polar surface area (TPSA) is 68.1 Å². The van der Waals surface area contributed by atoms with Crippen molar-refractivity contribution in [3.63, 3.8) is 0 Å². The van der Waals surface area contributed by atoms with Crippen LogP contribution < -0.4 is 5.32 Å². The summed E-state index contributed by atoms with van der Waals surface area (Å²) < 4.78 is 1.03. The van der Waals surface area contributed by atoms with Gasteiger partial charge in [0.2, 0.25) is 0 Å². The lowest BCUT2D eigenvalue weighted by molar-refractivity contribution is -0.384. The van der Waals surface area contributed by atoms with E-state index in [9.17, 15) is 10.1 Å². The third kappa shape index (κ3) is 3.57. The highest BCUT2D eigenvalue weighted by Gasteiger charge is 2.11. The van der Waals surface area contributed by atoms with Crippen molar-refractivity contribution in [2.75, 3.05) is 5.32 Å². The highest BCUT2D eigenvalue weighted by molar-refractivity contribution is 9.10. The second-order valence-corrected chi connectivity index (χ2v) is 6.98. The van der Waals surface area contributed by atoms with Crippen LogP contribution in [0.4, 0.5) is 16.5 Å². The SMILES string of the molecule is Cc1sc(Nc2ccc([N+](=O)[O-])cc2)nc1-c1ccc(Br)cc1. The summed E-state index contributed by atoms with van der Waals surface area (Å²) in [5.74, 6) is 0. The quantitative estimate of drug-likeness (QED) is 0.470. The Morgan fingerprint density at radius 2 is 1.78 bits per heavy atom. The molecule has 1 heterocycles. The van der Waals surface area contributed by atoms with Crippen molar-refractivity contribution >= 4 is 43.8 Å². The van der Waals surface area contributed by atoms with Crippen LogP contribution in [0.5, 0.6) is 0 Å². The predicted octanol–water partition coefficient (Wildman–Crippen LogP) is 5.53. The van der Waals surface area contributed by atoms with E-state index in [2.05, 4.69) is 26.2 Å². The number of nitrogens with one attached hydrogen (secondary N) is 1. The molecule has 2 aromatic carbocycles. The molecule has 0 bridgehead atoms. The first kappa shape index (κ1) is 15.6. The molecule has 1 aromatic heterocycles. The molecule has 0 saturated carbocycles. The molecule has 0 aliphatic carbocycles. The van der Waals surface area contributed by atoms with Crippen molar-refractivity contribution in [3.05, 3.63) is 68.0 Å². The molecule has 5 nitrogen and oxygen atoms in total. The Kier molecular flexibility index (Phi) is 4.40. The van der Waals surface area contributed by atoms with Crippen LogP contribution in [0, 0.1) is 17.0 Å². The Bertz CT molecular complexity index is 845. The van der Waals surface area contributed by atoms with Gasteiger partial charge in [0.1, 0.15) is 0 Å². The molecule has 0 aliphatic rings. The van der Waals surface area contributed by atoms with Gasteiger partial charge in [-0.2, -0.15) is 0 Å². The Morgan fingerprint density at radius 1 is 1.13 bits per heavy atom. The lowest BCUT2D eigenvalue weighted by atomic mass is 10.1. The van der Waals surface area contributed by atoms with Crippen molar-refractivity contribution in [2.24, 2.45) is 0 Å². The number of aromatic nitrogens is 1.